The minimum atomic E-state index is -0.480. The van der Waals surface area contributed by atoms with Crippen LogP contribution in [0, 0.1) is 18.3 Å². The van der Waals surface area contributed by atoms with Crippen molar-refractivity contribution in [2.45, 2.75) is 36.4 Å². The summed E-state index contributed by atoms with van der Waals surface area (Å²) < 4.78 is 11.1. The van der Waals surface area contributed by atoms with Crippen LogP contribution in [0.4, 0.5) is 10.8 Å². The molecular weight excluding hydrogens is 569 g/mol. The van der Waals surface area contributed by atoms with Gasteiger partial charge in [0, 0.05) is 34.3 Å². The molecule has 206 valence electrons. The molecule has 40 heavy (non-hydrogen) atoms. The zero-order chi connectivity index (χ0) is 28.4. The van der Waals surface area contributed by atoms with E-state index in [0.29, 0.717) is 57.1 Å². The number of rotatable bonds is 8. The van der Waals surface area contributed by atoms with Gasteiger partial charge in [-0.25, -0.2) is 0 Å². The van der Waals surface area contributed by atoms with Crippen LogP contribution in [0.3, 0.4) is 0 Å². The summed E-state index contributed by atoms with van der Waals surface area (Å²) >= 11 is 4.02. The van der Waals surface area contributed by atoms with Crippen LogP contribution >= 0.6 is 34.4 Å². The van der Waals surface area contributed by atoms with Crippen LogP contribution in [0.15, 0.2) is 56.6 Å². The fourth-order valence-electron chi connectivity index (χ4n) is 4.84. The van der Waals surface area contributed by atoms with Gasteiger partial charge in [0.05, 0.1) is 37.5 Å². The maximum atomic E-state index is 13.3. The van der Waals surface area contributed by atoms with Gasteiger partial charge in [0.2, 0.25) is 11.0 Å². The average Bonchev–Trinajstić information content (AvgIpc) is 3.60. The first-order valence-corrected chi connectivity index (χ1v) is 15.0. The lowest BCUT2D eigenvalue weighted by molar-refractivity contribution is -0.116. The second-order valence-corrected chi connectivity index (χ2v) is 12.2. The Morgan fingerprint density at radius 3 is 2.75 bits per heavy atom. The van der Waals surface area contributed by atoms with Crippen molar-refractivity contribution in [2.24, 2.45) is 5.73 Å². The standard InChI is InChI=1S/C27H26N6O4S3/c1-14-9-10-38-24(14)22-16(12-28)25(29)33(17-5-4-6-18(34)23(17)22)26-31-32-27(40-26)39-13-21(35)30-15-7-8-19(36-2)20(11-15)37-3/h7-11,22H,4-6,13,29H2,1-3H3,(H,30,35). The van der Waals surface area contributed by atoms with Gasteiger partial charge in [-0.15, -0.1) is 21.5 Å². The number of nitrogens with zero attached hydrogens (tertiary/aromatic N) is 4. The number of carbonyl (C=O) groups excluding carboxylic acids is 2. The van der Waals surface area contributed by atoms with E-state index in [9.17, 15) is 14.9 Å². The first-order valence-electron chi connectivity index (χ1n) is 12.3. The van der Waals surface area contributed by atoms with Gasteiger partial charge in [0.1, 0.15) is 5.82 Å². The van der Waals surface area contributed by atoms with Crippen molar-refractivity contribution in [3.63, 3.8) is 0 Å². The fourth-order valence-corrected chi connectivity index (χ4v) is 7.56. The molecule has 0 fully saturated rings. The minimum Gasteiger partial charge on any atom is -0.493 e. The van der Waals surface area contributed by atoms with E-state index in [1.54, 1.807) is 30.2 Å². The summed E-state index contributed by atoms with van der Waals surface area (Å²) in [6, 6.07) is 9.39. The van der Waals surface area contributed by atoms with Gasteiger partial charge in [0.15, 0.2) is 21.6 Å². The SMILES string of the molecule is COc1ccc(NC(=O)CSc2nnc(N3C(N)=C(C#N)C(c4sccc4C)C4=C3CCCC4=O)s2)cc1OC. The van der Waals surface area contributed by atoms with E-state index in [1.165, 1.54) is 41.5 Å². The number of methoxy groups -OCH3 is 2. The quantitative estimate of drug-likeness (QED) is 0.343. The molecule has 1 unspecified atom stereocenters. The number of Topliss-reactive ketones (excluding diaryl/α,β-unsaturated/α-hetero) is 1. The molecule has 0 bridgehead atoms. The lowest BCUT2D eigenvalue weighted by Gasteiger charge is -2.37. The van der Waals surface area contributed by atoms with Crippen LogP contribution in [-0.4, -0.2) is 41.9 Å². The number of thiophene rings is 1. The molecular formula is C27H26N6O4S3. The Balaban J connectivity index is 1.37. The fraction of sp³-hybridized carbons (Fsp3) is 0.296. The number of aryl methyl sites for hydroxylation is 1. The molecule has 2 aromatic heterocycles. The Morgan fingerprint density at radius 2 is 2.05 bits per heavy atom. The van der Waals surface area contributed by atoms with E-state index in [1.807, 2.05) is 18.4 Å². The zero-order valence-corrected chi connectivity index (χ0v) is 24.5. The number of nitrogens with two attached hydrogens (primary N) is 1. The van der Waals surface area contributed by atoms with Gasteiger partial charge in [-0.1, -0.05) is 23.1 Å². The van der Waals surface area contributed by atoms with E-state index >= 15 is 0 Å². The van der Waals surface area contributed by atoms with Crippen molar-refractivity contribution in [2.75, 3.05) is 30.2 Å². The van der Waals surface area contributed by atoms with Crippen molar-refractivity contribution in [3.05, 3.63) is 62.8 Å². The van der Waals surface area contributed by atoms with Crippen molar-refractivity contribution < 1.29 is 19.1 Å². The predicted molar refractivity (Wildman–Crippen MR) is 156 cm³/mol. The van der Waals surface area contributed by atoms with Gasteiger partial charge in [0.25, 0.3) is 0 Å². The summed E-state index contributed by atoms with van der Waals surface area (Å²) in [7, 11) is 3.08. The number of benzene rings is 1. The van der Waals surface area contributed by atoms with Crippen LogP contribution in [0.1, 0.15) is 35.6 Å². The van der Waals surface area contributed by atoms with Crippen LogP contribution in [0.25, 0.3) is 0 Å². The molecule has 3 aromatic rings. The number of ether oxygens (including phenoxy) is 2. The number of amides is 1. The molecule has 10 nitrogen and oxygen atoms in total. The van der Waals surface area contributed by atoms with Crippen LogP contribution in [0.2, 0.25) is 0 Å². The monoisotopic (exact) mass is 594 g/mol. The van der Waals surface area contributed by atoms with Crippen molar-refractivity contribution in [3.8, 4) is 17.6 Å². The van der Waals surface area contributed by atoms with Crippen molar-refractivity contribution in [1.29, 1.82) is 5.26 Å². The summed E-state index contributed by atoms with van der Waals surface area (Å²) in [5.74, 6) is 0.752. The minimum absolute atomic E-state index is 0.0234. The number of carbonyl (C=O) groups is 2. The van der Waals surface area contributed by atoms with Crippen molar-refractivity contribution in [1.82, 2.24) is 10.2 Å². The molecule has 5 rings (SSSR count). The smallest absolute Gasteiger partial charge is 0.234 e. The molecule has 1 atom stereocenters. The second-order valence-electron chi connectivity index (χ2n) is 9.04. The van der Waals surface area contributed by atoms with E-state index < -0.39 is 5.92 Å². The molecule has 13 heteroatoms. The number of hydrogen-bond donors (Lipinski definition) is 2. The Hall–Kier alpha value is -3.86. The molecule has 2 aliphatic rings. The largest absolute Gasteiger partial charge is 0.493 e. The summed E-state index contributed by atoms with van der Waals surface area (Å²) in [5, 5.41) is 24.0. The van der Waals surface area contributed by atoms with Crippen LogP contribution in [-0.2, 0) is 9.59 Å². The van der Waals surface area contributed by atoms with Crippen LogP contribution in [0.5, 0.6) is 11.5 Å². The first kappa shape index (κ1) is 27.7. The molecule has 0 saturated carbocycles. The number of aromatic nitrogens is 2. The number of anilines is 2. The van der Waals surface area contributed by atoms with E-state index in [0.717, 1.165) is 16.1 Å². The average molecular weight is 595 g/mol. The topological polar surface area (TPSA) is 143 Å². The number of nitrogens with one attached hydrogen (secondary N) is 1. The molecule has 1 amide bonds. The Morgan fingerprint density at radius 1 is 1.25 bits per heavy atom. The highest BCUT2D eigenvalue weighted by atomic mass is 32.2. The first-order chi connectivity index (χ1) is 19.4. The highest BCUT2D eigenvalue weighted by molar-refractivity contribution is 8.01. The van der Waals surface area contributed by atoms with Gasteiger partial charge in [-0.05, 0) is 48.9 Å². The highest BCUT2D eigenvalue weighted by Gasteiger charge is 2.42. The van der Waals surface area contributed by atoms with E-state index in [2.05, 4.69) is 21.6 Å². The van der Waals surface area contributed by atoms with E-state index in [-0.39, 0.29) is 23.3 Å². The molecule has 1 aliphatic heterocycles. The molecule has 0 saturated heterocycles. The summed E-state index contributed by atoms with van der Waals surface area (Å²) in [5.41, 5.74) is 9.93. The normalized spacial score (nSPS) is 17.0. The lowest BCUT2D eigenvalue weighted by Crippen LogP contribution is -2.38. The third kappa shape index (κ3) is 5.17. The number of allylic oxidation sites excluding steroid dienone is 3. The zero-order valence-electron chi connectivity index (χ0n) is 22.0. The third-order valence-electron chi connectivity index (χ3n) is 6.66. The third-order valence-corrected chi connectivity index (χ3v) is 9.78. The Kier molecular flexibility index (Phi) is 8.11. The molecule has 0 spiro atoms. The predicted octanol–water partition coefficient (Wildman–Crippen LogP) is 4.96. The van der Waals surface area contributed by atoms with Gasteiger partial charge >= 0.3 is 0 Å². The molecule has 1 aromatic carbocycles. The second kappa shape index (κ2) is 11.7. The highest BCUT2D eigenvalue weighted by Crippen LogP contribution is 2.48. The van der Waals surface area contributed by atoms with Crippen LogP contribution < -0.4 is 25.4 Å². The van der Waals surface area contributed by atoms with Gasteiger partial charge in [-0.2, -0.15) is 5.26 Å². The Labute approximate surface area is 243 Å². The van der Waals surface area contributed by atoms with Gasteiger partial charge < -0.3 is 20.5 Å². The number of hydrogen-bond acceptors (Lipinski definition) is 12. The molecule has 3 heterocycles. The van der Waals surface area contributed by atoms with Gasteiger partial charge in [-0.3, -0.25) is 14.5 Å². The van der Waals surface area contributed by atoms with Crippen molar-refractivity contribution >= 4 is 56.9 Å². The number of nitriles is 1. The Bertz CT molecular complexity index is 1580. The maximum absolute atomic E-state index is 13.3. The molecule has 0 radical (unpaired) electrons. The lowest BCUT2D eigenvalue weighted by atomic mass is 9.78. The maximum Gasteiger partial charge on any atom is 0.234 e. The van der Waals surface area contributed by atoms with E-state index in [4.69, 9.17) is 15.2 Å². The molecule has 1 aliphatic carbocycles. The number of ketones is 1. The summed E-state index contributed by atoms with van der Waals surface area (Å²) in [4.78, 5) is 28.5. The number of thioether (sulfide) groups is 1. The molecule has 3 N–H and O–H groups in total. The summed E-state index contributed by atoms with van der Waals surface area (Å²) in [6.07, 6.45) is 1.76. The summed E-state index contributed by atoms with van der Waals surface area (Å²) in [6.45, 7) is 1.98.